The van der Waals surface area contributed by atoms with Crippen LogP contribution in [0.2, 0.25) is 5.02 Å². The molecule has 208 valence electrons. The molecule has 0 radical (unpaired) electrons. The van der Waals surface area contributed by atoms with Crippen molar-refractivity contribution in [2.75, 3.05) is 30.4 Å². The van der Waals surface area contributed by atoms with Crippen molar-refractivity contribution in [3.05, 3.63) is 53.6 Å². The van der Waals surface area contributed by atoms with Gasteiger partial charge in [-0.3, -0.25) is 14.4 Å². The summed E-state index contributed by atoms with van der Waals surface area (Å²) in [6, 6.07) is 13.5. The SMILES string of the molecule is CCOc1ccc(NC(=O)[C@@H]2[C@H]3C(=O)N(CCCCO)C(C(=O)Nc4ccccc4Cl)C34S[C@@H]2CC4C)cc1. The predicted molar refractivity (Wildman–Crippen MR) is 153 cm³/mol. The Labute approximate surface area is 237 Å². The normalized spacial score (nSPS) is 28.9. The number of hydrogen-bond donors (Lipinski definition) is 3. The highest BCUT2D eigenvalue weighted by molar-refractivity contribution is 8.02. The summed E-state index contributed by atoms with van der Waals surface area (Å²) in [4.78, 5) is 43.4. The first-order valence-corrected chi connectivity index (χ1v) is 14.8. The molecule has 10 heteroatoms. The fourth-order valence-corrected chi connectivity index (χ4v) is 9.15. The number of rotatable bonds is 10. The van der Waals surface area contributed by atoms with Gasteiger partial charge in [-0.05, 0) is 68.5 Å². The Balaban J connectivity index is 1.45. The molecule has 8 nitrogen and oxygen atoms in total. The third-order valence-electron chi connectivity index (χ3n) is 8.17. The molecule has 3 unspecified atom stereocenters. The first kappa shape index (κ1) is 27.8. The zero-order chi connectivity index (χ0) is 27.7. The lowest BCUT2D eigenvalue weighted by Gasteiger charge is -2.38. The fraction of sp³-hybridized carbons (Fsp3) is 0.483. The Kier molecular flexibility index (Phi) is 8.12. The summed E-state index contributed by atoms with van der Waals surface area (Å²) in [5.74, 6) is -1.06. The summed E-state index contributed by atoms with van der Waals surface area (Å²) < 4.78 is 4.77. The van der Waals surface area contributed by atoms with Gasteiger partial charge in [-0.2, -0.15) is 0 Å². The van der Waals surface area contributed by atoms with E-state index in [1.807, 2.05) is 6.92 Å². The van der Waals surface area contributed by atoms with Gasteiger partial charge in [-0.1, -0.05) is 30.7 Å². The first-order chi connectivity index (χ1) is 18.8. The lowest BCUT2D eigenvalue weighted by molar-refractivity contribution is -0.138. The lowest BCUT2D eigenvalue weighted by atomic mass is 9.66. The van der Waals surface area contributed by atoms with Crippen molar-refractivity contribution >= 4 is 52.5 Å². The van der Waals surface area contributed by atoms with Gasteiger partial charge in [0.25, 0.3) is 0 Å². The van der Waals surface area contributed by atoms with Gasteiger partial charge in [-0.25, -0.2) is 0 Å². The van der Waals surface area contributed by atoms with E-state index < -0.39 is 22.6 Å². The number of anilines is 2. The van der Waals surface area contributed by atoms with Gasteiger partial charge in [-0.15, -0.1) is 11.8 Å². The molecule has 6 atom stereocenters. The van der Waals surface area contributed by atoms with Gasteiger partial charge in [0.15, 0.2) is 0 Å². The smallest absolute Gasteiger partial charge is 0.248 e. The van der Waals surface area contributed by atoms with Crippen LogP contribution in [0.25, 0.3) is 0 Å². The Bertz CT molecular complexity index is 1240. The van der Waals surface area contributed by atoms with Crippen molar-refractivity contribution in [1.29, 1.82) is 0 Å². The number of amides is 3. The van der Waals surface area contributed by atoms with Crippen LogP contribution in [-0.2, 0) is 14.4 Å². The molecule has 3 saturated heterocycles. The van der Waals surface area contributed by atoms with E-state index in [0.717, 1.165) is 12.2 Å². The van der Waals surface area contributed by atoms with Crippen LogP contribution in [0.1, 0.15) is 33.1 Å². The maximum absolute atomic E-state index is 14.1. The van der Waals surface area contributed by atoms with Crippen LogP contribution in [0, 0.1) is 17.8 Å². The van der Waals surface area contributed by atoms with Gasteiger partial charge in [0.05, 0.1) is 33.9 Å². The number of hydrogen-bond acceptors (Lipinski definition) is 6. The minimum absolute atomic E-state index is 0.00737. The van der Waals surface area contributed by atoms with E-state index in [4.69, 9.17) is 16.3 Å². The second kappa shape index (κ2) is 11.4. The molecule has 2 aromatic carbocycles. The van der Waals surface area contributed by atoms with Gasteiger partial charge >= 0.3 is 0 Å². The molecule has 3 amide bonds. The molecule has 2 aromatic rings. The van der Waals surface area contributed by atoms with E-state index >= 15 is 0 Å². The molecule has 3 aliphatic rings. The molecule has 3 heterocycles. The number of carbonyl (C=O) groups excluding carboxylic acids is 3. The monoisotopic (exact) mass is 571 g/mol. The number of nitrogens with one attached hydrogen (secondary N) is 2. The summed E-state index contributed by atoms with van der Waals surface area (Å²) in [7, 11) is 0. The van der Waals surface area contributed by atoms with Crippen molar-refractivity contribution in [2.45, 2.75) is 49.1 Å². The molecule has 3 N–H and O–H groups in total. The third kappa shape index (κ3) is 4.89. The number of aliphatic hydroxyl groups is 1. The van der Waals surface area contributed by atoms with Crippen LogP contribution in [0.4, 0.5) is 11.4 Å². The van der Waals surface area contributed by atoms with Crippen LogP contribution in [0.5, 0.6) is 5.75 Å². The standard InChI is InChI=1S/C29H34ClN3O5S/c1-3-38-19-12-10-18(11-13-19)31-26(35)23-22-16-17(2)29(39-22)24(23)28(37)33(14-6-7-15-34)25(29)27(36)32-21-9-5-4-8-20(21)30/h4-5,8-13,17,22-25,34H,3,6-7,14-16H2,1-2H3,(H,31,35)(H,32,36)/t17?,22-,23+,24+,25?,29?/m1/s1. The topological polar surface area (TPSA) is 108 Å². The maximum Gasteiger partial charge on any atom is 0.248 e. The number of fused-ring (bicyclic) bond motifs is 1. The van der Waals surface area contributed by atoms with Gasteiger partial charge in [0.1, 0.15) is 11.8 Å². The highest BCUT2D eigenvalue weighted by Gasteiger charge is 2.75. The number of benzene rings is 2. The average Bonchev–Trinajstić information content (AvgIpc) is 3.50. The van der Waals surface area contributed by atoms with Gasteiger partial charge in [0, 0.05) is 24.1 Å². The number of para-hydroxylation sites is 1. The zero-order valence-electron chi connectivity index (χ0n) is 22.1. The molecule has 5 rings (SSSR count). The minimum Gasteiger partial charge on any atom is -0.494 e. The largest absolute Gasteiger partial charge is 0.494 e. The molecular weight excluding hydrogens is 538 g/mol. The number of nitrogens with zero attached hydrogens (tertiary/aromatic N) is 1. The Morgan fingerprint density at radius 2 is 1.87 bits per heavy atom. The van der Waals surface area contributed by atoms with Crippen molar-refractivity contribution < 1.29 is 24.2 Å². The molecule has 0 saturated carbocycles. The molecule has 1 spiro atoms. The van der Waals surface area contributed by atoms with Crippen molar-refractivity contribution in [2.24, 2.45) is 17.8 Å². The number of unbranched alkanes of at least 4 members (excludes halogenated alkanes) is 1. The second-order valence-electron chi connectivity index (χ2n) is 10.4. The first-order valence-electron chi connectivity index (χ1n) is 13.5. The van der Waals surface area contributed by atoms with Gasteiger partial charge in [0.2, 0.25) is 17.7 Å². The Hall–Kier alpha value is -2.75. The van der Waals surface area contributed by atoms with E-state index in [1.165, 1.54) is 0 Å². The van der Waals surface area contributed by atoms with Crippen molar-refractivity contribution in [1.82, 2.24) is 4.90 Å². The molecule has 39 heavy (non-hydrogen) atoms. The molecule has 3 fully saturated rings. The summed E-state index contributed by atoms with van der Waals surface area (Å²) in [6.45, 7) is 4.89. The minimum atomic E-state index is -0.752. The van der Waals surface area contributed by atoms with E-state index in [9.17, 15) is 19.5 Å². The number of halogens is 1. The summed E-state index contributed by atoms with van der Waals surface area (Å²) in [6.07, 6.45) is 1.83. The van der Waals surface area contributed by atoms with Gasteiger partial charge < -0.3 is 25.4 Å². The molecule has 2 bridgehead atoms. The summed E-state index contributed by atoms with van der Waals surface area (Å²) >= 11 is 7.96. The lowest BCUT2D eigenvalue weighted by Crippen LogP contribution is -2.54. The number of ether oxygens (including phenoxy) is 1. The number of thioether (sulfide) groups is 1. The molecular formula is C29H34ClN3O5S. The fourth-order valence-electron chi connectivity index (χ4n) is 6.54. The molecule has 3 aliphatic heterocycles. The predicted octanol–water partition coefficient (Wildman–Crippen LogP) is 4.43. The molecule has 0 aromatic heterocycles. The highest BCUT2D eigenvalue weighted by Crippen LogP contribution is 2.68. The molecule has 0 aliphatic carbocycles. The van der Waals surface area contributed by atoms with Crippen LogP contribution < -0.4 is 15.4 Å². The highest BCUT2D eigenvalue weighted by atomic mass is 35.5. The zero-order valence-corrected chi connectivity index (χ0v) is 23.6. The maximum atomic E-state index is 14.1. The average molecular weight is 572 g/mol. The van der Waals surface area contributed by atoms with Crippen LogP contribution in [0.3, 0.4) is 0 Å². The van der Waals surface area contributed by atoms with Crippen LogP contribution in [0.15, 0.2) is 48.5 Å². The van der Waals surface area contributed by atoms with Crippen molar-refractivity contribution in [3.63, 3.8) is 0 Å². The quantitative estimate of drug-likeness (QED) is 0.364. The van der Waals surface area contributed by atoms with Crippen molar-refractivity contribution in [3.8, 4) is 5.75 Å². The summed E-state index contributed by atoms with van der Waals surface area (Å²) in [5.41, 5.74) is 1.12. The summed E-state index contributed by atoms with van der Waals surface area (Å²) in [5, 5.41) is 15.7. The third-order valence-corrected chi connectivity index (χ3v) is 10.6. The number of likely N-dealkylation sites (tertiary alicyclic amines) is 1. The Morgan fingerprint density at radius 3 is 2.56 bits per heavy atom. The van der Waals surface area contributed by atoms with E-state index in [0.29, 0.717) is 42.4 Å². The second-order valence-corrected chi connectivity index (χ2v) is 12.4. The van der Waals surface area contributed by atoms with E-state index in [-0.39, 0.29) is 35.5 Å². The van der Waals surface area contributed by atoms with Crippen LogP contribution in [-0.4, -0.2) is 63.5 Å². The van der Waals surface area contributed by atoms with Crippen LogP contribution >= 0.6 is 23.4 Å². The number of carbonyl (C=O) groups is 3. The van der Waals surface area contributed by atoms with E-state index in [2.05, 4.69) is 17.6 Å². The Morgan fingerprint density at radius 1 is 1.13 bits per heavy atom. The van der Waals surface area contributed by atoms with E-state index in [1.54, 1.807) is 65.2 Å². The number of aliphatic hydroxyl groups excluding tert-OH is 1.